The summed E-state index contributed by atoms with van der Waals surface area (Å²) in [6.45, 7) is 3.35. The zero-order valence-corrected chi connectivity index (χ0v) is 10.9. The van der Waals surface area contributed by atoms with Gasteiger partial charge in [0.1, 0.15) is 0 Å². The van der Waals surface area contributed by atoms with Crippen molar-refractivity contribution in [1.82, 2.24) is 10.3 Å². The number of rotatable bonds is 1. The molecule has 16 heavy (non-hydrogen) atoms. The Morgan fingerprint density at radius 3 is 2.94 bits per heavy atom. The van der Waals surface area contributed by atoms with Gasteiger partial charge in [0, 0.05) is 21.6 Å². The fraction of sp³-hybridized carbons (Fsp3) is 0.385. The number of benzene rings is 1. The second-order valence-corrected chi connectivity index (χ2v) is 5.33. The van der Waals surface area contributed by atoms with Gasteiger partial charge in [0.15, 0.2) is 0 Å². The van der Waals surface area contributed by atoms with Crippen LogP contribution in [-0.4, -0.2) is 11.5 Å². The van der Waals surface area contributed by atoms with E-state index in [-0.39, 0.29) is 0 Å². The molecule has 3 heteroatoms. The van der Waals surface area contributed by atoms with Crippen LogP contribution in [0.5, 0.6) is 0 Å². The summed E-state index contributed by atoms with van der Waals surface area (Å²) in [4.78, 5) is 3.56. The maximum Gasteiger partial charge on any atom is 0.0603 e. The Labute approximate surface area is 104 Å². The molecule has 1 aromatic carbocycles. The van der Waals surface area contributed by atoms with Crippen molar-refractivity contribution in [2.75, 3.05) is 6.54 Å². The molecular weight excluding hydrogens is 264 g/mol. The van der Waals surface area contributed by atoms with E-state index in [2.05, 4.69) is 51.4 Å². The van der Waals surface area contributed by atoms with E-state index < -0.39 is 0 Å². The molecular formula is C13H15BrN2. The number of aromatic amines is 1. The molecule has 2 N–H and O–H groups in total. The molecule has 1 atom stereocenters. The quantitative estimate of drug-likeness (QED) is 0.819. The highest BCUT2D eigenvalue weighted by molar-refractivity contribution is 9.10. The lowest BCUT2D eigenvalue weighted by molar-refractivity contribution is 0.629. The van der Waals surface area contributed by atoms with Crippen LogP contribution in [0.15, 0.2) is 22.7 Å². The van der Waals surface area contributed by atoms with E-state index in [0.717, 1.165) is 11.0 Å². The van der Waals surface area contributed by atoms with Gasteiger partial charge < -0.3 is 10.3 Å². The smallest absolute Gasteiger partial charge is 0.0603 e. The molecule has 1 saturated heterocycles. The van der Waals surface area contributed by atoms with Crippen molar-refractivity contribution < 1.29 is 0 Å². The van der Waals surface area contributed by atoms with E-state index in [1.54, 1.807) is 0 Å². The predicted octanol–water partition coefficient (Wildman–Crippen LogP) is 3.66. The average molecular weight is 279 g/mol. The summed E-state index contributed by atoms with van der Waals surface area (Å²) >= 11 is 3.60. The lowest BCUT2D eigenvalue weighted by Gasteiger charge is -2.09. The Hall–Kier alpha value is -0.800. The predicted molar refractivity (Wildman–Crippen MR) is 70.7 cm³/mol. The van der Waals surface area contributed by atoms with E-state index in [9.17, 15) is 0 Å². The summed E-state index contributed by atoms with van der Waals surface area (Å²) in [5.41, 5.74) is 3.97. The second-order valence-electron chi connectivity index (χ2n) is 4.48. The topological polar surface area (TPSA) is 27.8 Å². The summed E-state index contributed by atoms with van der Waals surface area (Å²) in [6, 6.07) is 6.88. The lowest BCUT2D eigenvalue weighted by atomic mass is 10.1. The SMILES string of the molecule is Cc1c(C2CCCN2)[nH]c2c(Br)cccc12. The number of hydrogen-bond acceptors (Lipinski definition) is 1. The van der Waals surface area contributed by atoms with E-state index in [4.69, 9.17) is 0 Å². The summed E-state index contributed by atoms with van der Waals surface area (Å²) in [7, 11) is 0. The van der Waals surface area contributed by atoms with E-state index >= 15 is 0 Å². The molecule has 1 fully saturated rings. The van der Waals surface area contributed by atoms with Gasteiger partial charge in [0.2, 0.25) is 0 Å². The first kappa shape index (κ1) is 10.4. The Balaban J connectivity index is 2.18. The number of hydrogen-bond donors (Lipinski definition) is 2. The number of halogens is 1. The molecule has 1 aromatic heterocycles. The van der Waals surface area contributed by atoms with Crippen molar-refractivity contribution in [3.63, 3.8) is 0 Å². The molecule has 0 bridgehead atoms. The van der Waals surface area contributed by atoms with E-state index in [1.807, 2.05) is 0 Å². The lowest BCUT2D eigenvalue weighted by Crippen LogP contribution is -2.13. The first-order chi connectivity index (χ1) is 7.77. The van der Waals surface area contributed by atoms with Crippen LogP contribution in [-0.2, 0) is 0 Å². The number of fused-ring (bicyclic) bond motifs is 1. The molecule has 2 heterocycles. The molecule has 1 unspecified atom stereocenters. The fourth-order valence-corrected chi connectivity index (χ4v) is 3.08. The molecule has 84 valence electrons. The first-order valence-electron chi connectivity index (χ1n) is 5.77. The van der Waals surface area contributed by atoms with Crippen LogP contribution in [0.25, 0.3) is 10.9 Å². The van der Waals surface area contributed by atoms with Crippen LogP contribution in [0.3, 0.4) is 0 Å². The monoisotopic (exact) mass is 278 g/mol. The Kier molecular flexibility index (Phi) is 2.52. The standard InChI is InChI=1S/C13H15BrN2/c1-8-9-4-2-5-10(14)13(9)16-12(8)11-6-3-7-15-11/h2,4-5,11,15-16H,3,6-7H2,1H3. The van der Waals surface area contributed by atoms with Crippen molar-refractivity contribution in [3.05, 3.63) is 33.9 Å². The third-order valence-electron chi connectivity index (χ3n) is 3.49. The van der Waals surface area contributed by atoms with Gasteiger partial charge in [-0.1, -0.05) is 12.1 Å². The van der Waals surface area contributed by atoms with Gasteiger partial charge in [-0.3, -0.25) is 0 Å². The number of para-hydroxylation sites is 1. The van der Waals surface area contributed by atoms with Crippen LogP contribution in [0.2, 0.25) is 0 Å². The zero-order valence-electron chi connectivity index (χ0n) is 9.31. The van der Waals surface area contributed by atoms with Gasteiger partial charge in [-0.05, 0) is 53.9 Å². The van der Waals surface area contributed by atoms with Gasteiger partial charge in [0.05, 0.1) is 5.52 Å². The van der Waals surface area contributed by atoms with Crippen molar-refractivity contribution in [2.24, 2.45) is 0 Å². The van der Waals surface area contributed by atoms with Gasteiger partial charge >= 0.3 is 0 Å². The molecule has 0 saturated carbocycles. The maximum atomic E-state index is 3.60. The summed E-state index contributed by atoms with van der Waals surface area (Å²) in [5, 5.41) is 4.88. The normalized spacial score (nSPS) is 20.8. The molecule has 0 aliphatic carbocycles. The van der Waals surface area contributed by atoms with Crippen LogP contribution in [0.1, 0.15) is 30.1 Å². The third-order valence-corrected chi connectivity index (χ3v) is 4.15. The fourth-order valence-electron chi connectivity index (χ4n) is 2.62. The van der Waals surface area contributed by atoms with Crippen LogP contribution >= 0.6 is 15.9 Å². The van der Waals surface area contributed by atoms with E-state index in [1.165, 1.54) is 35.0 Å². The van der Waals surface area contributed by atoms with Crippen molar-refractivity contribution in [1.29, 1.82) is 0 Å². The molecule has 3 rings (SSSR count). The minimum Gasteiger partial charge on any atom is -0.356 e. The van der Waals surface area contributed by atoms with Crippen molar-refractivity contribution >= 4 is 26.8 Å². The van der Waals surface area contributed by atoms with Crippen molar-refractivity contribution in [3.8, 4) is 0 Å². The van der Waals surface area contributed by atoms with Gasteiger partial charge in [-0.15, -0.1) is 0 Å². The summed E-state index contributed by atoms with van der Waals surface area (Å²) < 4.78 is 1.15. The number of aryl methyl sites for hydroxylation is 1. The molecule has 1 aliphatic rings. The Morgan fingerprint density at radius 2 is 2.25 bits per heavy atom. The van der Waals surface area contributed by atoms with Gasteiger partial charge in [-0.25, -0.2) is 0 Å². The minimum atomic E-state index is 0.513. The number of nitrogens with one attached hydrogen (secondary N) is 2. The van der Waals surface area contributed by atoms with Crippen molar-refractivity contribution in [2.45, 2.75) is 25.8 Å². The van der Waals surface area contributed by atoms with Gasteiger partial charge in [0.25, 0.3) is 0 Å². The Bertz CT molecular complexity index is 524. The zero-order chi connectivity index (χ0) is 11.1. The first-order valence-corrected chi connectivity index (χ1v) is 6.57. The van der Waals surface area contributed by atoms with Crippen LogP contribution < -0.4 is 5.32 Å². The van der Waals surface area contributed by atoms with E-state index in [0.29, 0.717) is 6.04 Å². The Morgan fingerprint density at radius 1 is 1.38 bits per heavy atom. The highest BCUT2D eigenvalue weighted by atomic mass is 79.9. The molecule has 0 spiro atoms. The average Bonchev–Trinajstić information content (AvgIpc) is 2.88. The third kappa shape index (κ3) is 1.50. The molecule has 0 amide bonds. The maximum absolute atomic E-state index is 3.60. The molecule has 2 aromatic rings. The van der Waals surface area contributed by atoms with Gasteiger partial charge in [-0.2, -0.15) is 0 Å². The summed E-state index contributed by atoms with van der Waals surface area (Å²) in [6.07, 6.45) is 2.52. The second kappa shape index (κ2) is 3.90. The molecule has 1 aliphatic heterocycles. The van der Waals surface area contributed by atoms with Crippen LogP contribution in [0, 0.1) is 6.92 Å². The van der Waals surface area contributed by atoms with Crippen LogP contribution in [0.4, 0.5) is 0 Å². The highest BCUT2D eigenvalue weighted by Crippen LogP contribution is 2.33. The summed E-state index contributed by atoms with van der Waals surface area (Å²) in [5.74, 6) is 0. The highest BCUT2D eigenvalue weighted by Gasteiger charge is 2.21. The minimum absolute atomic E-state index is 0.513. The molecule has 0 radical (unpaired) electrons. The number of H-pyrrole nitrogens is 1. The number of aromatic nitrogens is 1. The molecule has 2 nitrogen and oxygen atoms in total. The largest absolute Gasteiger partial charge is 0.356 e.